The average Bonchev–Trinajstić information content (AvgIpc) is 3.19. The predicted octanol–water partition coefficient (Wildman–Crippen LogP) is 6.83. The zero-order valence-corrected chi connectivity index (χ0v) is 17.5. The molecule has 6 aromatic rings. The van der Waals surface area contributed by atoms with Crippen LogP contribution in [-0.2, 0) is 6.42 Å². The van der Waals surface area contributed by atoms with Crippen LogP contribution in [0.4, 0.5) is 0 Å². The summed E-state index contributed by atoms with van der Waals surface area (Å²) in [4.78, 5) is 9.20. The molecule has 6 rings (SSSR count). The number of hydrogen-bond donors (Lipinski definition) is 0. The summed E-state index contributed by atoms with van der Waals surface area (Å²) in [6, 6.07) is 36.1. The van der Waals surface area contributed by atoms with E-state index in [0.29, 0.717) is 0 Å². The number of fused-ring (bicyclic) bond motifs is 3. The van der Waals surface area contributed by atoms with Crippen LogP contribution in [0.15, 0.2) is 116 Å². The molecule has 3 heteroatoms. The lowest BCUT2D eigenvalue weighted by molar-refractivity contribution is 1.11. The van der Waals surface area contributed by atoms with Gasteiger partial charge in [0.2, 0.25) is 0 Å². The molecule has 0 spiro atoms. The molecule has 0 aliphatic carbocycles. The highest BCUT2D eigenvalue weighted by Gasteiger charge is 2.12. The first-order chi connectivity index (χ1) is 15.9. The van der Waals surface area contributed by atoms with Gasteiger partial charge in [-0.15, -0.1) is 0 Å². The Bertz CT molecular complexity index is 1490. The van der Waals surface area contributed by atoms with Gasteiger partial charge in [-0.05, 0) is 66.1 Å². The zero-order chi connectivity index (χ0) is 21.3. The third-order valence-electron chi connectivity index (χ3n) is 5.90. The fourth-order valence-electron chi connectivity index (χ4n) is 4.47. The Morgan fingerprint density at radius 1 is 0.594 bits per heavy atom. The lowest BCUT2D eigenvalue weighted by Crippen LogP contribution is -1.97. The molecule has 0 aliphatic rings. The van der Waals surface area contributed by atoms with Crippen LogP contribution in [0.1, 0.15) is 11.1 Å². The highest BCUT2D eigenvalue weighted by Crippen LogP contribution is 2.31. The maximum Gasteiger partial charge on any atom is 0.145 e. The van der Waals surface area contributed by atoms with Gasteiger partial charge in [-0.25, -0.2) is 4.98 Å². The van der Waals surface area contributed by atoms with E-state index in [4.69, 9.17) is 4.98 Å². The third kappa shape index (κ3) is 3.25. The van der Waals surface area contributed by atoms with Crippen molar-refractivity contribution >= 4 is 21.9 Å². The molecule has 32 heavy (non-hydrogen) atoms. The van der Waals surface area contributed by atoms with Crippen molar-refractivity contribution in [3.63, 3.8) is 0 Å². The van der Waals surface area contributed by atoms with Crippen molar-refractivity contribution in [2.75, 3.05) is 0 Å². The fraction of sp³-hybridized carbons (Fsp3) is 0.0345. The van der Waals surface area contributed by atoms with E-state index < -0.39 is 0 Å². The van der Waals surface area contributed by atoms with E-state index in [0.717, 1.165) is 29.0 Å². The van der Waals surface area contributed by atoms with Crippen molar-refractivity contribution in [3.05, 3.63) is 127 Å². The van der Waals surface area contributed by atoms with Gasteiger partial charge in [-0.3, -0.25) is 9.55 Å². The molecular formula is C29H21N3. The minimum atomic E-state index is 0.860. The van der Waals surface area contributed by atoms with Crippen LogP contribution in [-0.4, -0.2) is 14.5 Å². The van der Waals surface area contributed by atoms with E-state index in [2.05, 4.69) is 94.5 Å². The Balaban J connectivity index is 1.41. The SMILES string of the molecule is c1ccc(-c2cccc(Cc3cccc(-n4c5ccccc5c5cccnc54)c3)c2)nc1. The molecule has 0 bridgehead atoms. The number of rotatable bonds is 4. The van der Waals surface area contributed by atoms with E-state index in [1.807, 2.05) is 30.6 Å². The van der Waals surface area contributed by atoms with Gasteiger partial charge in [0.05, 0.1) is 11.2 Å². The molecule has 152 valence electrons. The Labute approximate surface area is 186 Å². The van der Waals surface area contributed by atoms with Gasteiger partial charge in [0.15, 0.2) is 0 Å². The van der Waals surface area contributed by atoms with E-state index >= 15 is 0 Å². The van der Waals surface area contributed by atoms with Crippen LogP contribution in [0.2, 0.25) is 0 Å². The molecule has 0 radical (unpaired) electrons. The maximum absolute atomic E-state index is 4.71. The maximum atomic E-state index is 4.71. The van der Waals surface area contributed by atoms with Crippen LogP contribution in [0.3, 0.4) is 0 Å². The van der Waals surface area contributed by atoms with Gasteiger partial charge >= 0.3 is 0 Å². The fourth-order valence-corrected chi connectivity index (χ4v) is 4.47. The standard InChI is InChI=1S/C29H21N3/c1-2-15-28-25(12-1)26-13-7-17-31-29(26)32(28)24-11-6-9-22(20-24)18-21-8-5-10-23(19-21)27-14-3-4-16-30-27/h1-17,19-20H,18H2. The lowest BCUT2D eigenvalue weighted by atomic mass is 10.0. The quantitative estimate of drug-likeness (QED) is 0.318. The van der Waals surface area contributed by atoms with E-state index in [-0.39, 0.29) is 0 Å². The van der Waals surface area contributed by atoms with Crippen molar-refractivity contribution in [3.8, 4) is 16.9 Å². The molecule has 3 heterocycles. The highest BCUT2D eigenvalue weighted by molar-refractivity contribution is 6.07. The molecule has 3 nitrogen and oxygen atoms in total. The Morgan fingerprint density at radius 3 is 2.28 bits per heavy atom. The smallest absolute Gasteiger partial charge is 0.145 e. The van der Waals surface area contributed by atoms with E-state index in [1.54, 1.807) is 0 Å². The second-order valence-corrected chi connectivity index (χ2v) is 7.99. The molecule has 0 N–H and O–H groups in total. The number of nitrogens with zero attached hydrogens (tertiary/aromatic N) is 3. The van der Waals surface area contributed by atoms with Crippen molar-refractivity contribution in [1.82, 2.24) is 14.5 Å². The third-order valence-corrected chi connectivity index (χ3v) is 5.90. The van der Waals surface area contributed by atoms with Gasteiger partial charge < -0.3 is 0 Å². The van der Waals surface area contributed by atoms with Gasteiger partial charge in [-0.2, -0.15) is 0 Å². The normalized spacial score (nSPS) is 11.2. The molecule has 0 fully saturated rings. The van der Waals surface area contributed by atoms with E-state index in [1.165, 1.54) is 27.4 Å². The predicted molar refractivity (Wildman–Crippen MR) is 131 cm³/mol. The number of pyridine rings is 2. The summed E-state index contributed by atoms with van der Waals surface area (Å²) in [5.41, 5.74) is 7.98. The van der Waals surface area contributed by atoms with Crippen LogP contribution < -0.4 is 0 Å². The largest absolute Gasteiger partial charge is 0.294 e. The van der Waals surface area contributed by atoms with Crippen LogP contribution in [0.25, 0.3) is 38.9 Å². The summed E-state index contributed by atoms with van der Waals surface area (Å²) in [6.07, 6.45) is 4.56. The molecule has 0 unspecified atom stereocenters. The molecular weight excluding hydrogens is 390 g/mol. The van der Waals surface area contributed by atoms with Crippen LogP contribution >= 0.6 is 0 Å². The molecule has 0 saturated carbocycles. The second kappa shape index (κ2) is 7.78. The topological polar surface area (TPSA) is 30.7 Å². The molecule has 0 amide bonds. The summed E-state index contributed by atoms with van der Waals surface area (Å²) in [6.45, 7) is 0. The lowest BCUT2D eigenvalue weighted by Gasteiger charge is -2.10. The van der Waals surface area contributed by atoms with Gasteiger partial charge in [0.25, 0.3) is 0 Å². The number of hydrogen-bond acceptors (Lipinski definition) is 2. The Hall–Kier alpha value is -4.24. The van der Waals surface area contributed by atoms with Gasteiger partial charge in [0, 0.05) is 34.4 Å². The first-order valence-corrected chi connectivity index (χ1v) is 10.8. The summed E-state index contributed by atoms with van der Waals surface area (Å²) in [5.74, 6) is 0. The zero-order valence-electron chi connectivity index (χ0n) is 17.5. The van der Waals surface area contributed by atoms with Crippen molar-refractivity contribution in [2.24, 2.45) is 0 Å². The first kappa shape index (κ1) is 18.5. The summed E-state index contributed by atoms with van der Waals surface area (Å²) in [7, 11) is 0. The molecule has 0 atom stereocenters. The van der Waals surface area contributed by atoms with Crippen molar-refractivity contribution in [2.45, 2.75) is 6.42 Å². The molecule has 3 aromatic heterocycles. The Morgan fingerprint density at radius 2 is 1.38 bits per heavy atom. The monoisotopic (exact) mass is 411 g/mol. The minimum Gasteiger partial charge on any atom is -0.294 e. The molecule has 0 saturated heterocycles. The van der Waals surface area contributed by atoms with Crippen LogP contribution in [0, 0.1) is 0 Å². The molecule has 0 aliphatic heterocycles. The van der Waals surface area contributed by atoms with Crippen molar-refractivity contribution in [1.29, 1.82) is 0 Å². The number of para-hydroxylation sites is 1. The summed E-state index contributed by atoms with van der Waals surface area (Å²) < 4.78 is 2.26. The summed E-state index contributed by atoms with van der Waals surface area (Å²) in [5, 5.41) is 2.40. The number of benzene rings is 3. The van der Waals surface area contributed by atoms with Gasteiger partial charge in [-0.1, -0.05) is 54.6 Å². The number of aromatic nitrogens is 3. The summed E-state index contributed by atoms with van der Waals surface area (Å²) >= 11 is 0. The average molecular weight is 412 g/mol. The van der Waals surface area contributed by atoms with E-state index in [9.17, 15) is 0 Å². The minimum absolute atomic E-state index is 0.860. The van der Waals surface area contributed by atoms with Crippen LogP contribution in [0.5, 0.6) is 0 Å². The van der Waals surface area contributed by atoms with Gasteiger partial charge in [0.1, 0.15) is 5.65 Å². The van der Waals surface area contributed by atoms with Crippen molar-refractivity contribution < 1.29 is 0 Å². The first-order valence-electron chi connectivity index (χ1n) is 10.8. The molecule has 3 aromatic carbocycles. The Kier molecular flexibility index (Phi) is 4.51. The second-order valence-electron chi connectivity index (χ2n) is 7.99. The highest BCUT2D eigenvalue weighted by atomic mass is 15.0.